The number of nitrogens with zero attached hydrogens (tertiary/aromatic N) is 4. The van der Waals surface area contributed by atoms with E-state index in [4.69, 9.17) is 14.2 Å². The Kier molecular flexibility index (Phi) is 6.23. The molecular weight excluding hydrogens is 392 g/mol. The predicted molar refractivity (Wildman–Crippen MR) is 106 cm³/mol. The molecule has 0 aliphatic carbocycles. The molecule has 1 aromatic rings. The first kappa shape index (κ1) is 21.9. The van der Waals surface area contributed by atoms with E-state index in [1.165, 1.54) is 4.57 Å². The zero-order valence-electron chi connectivity index (χ0n) is 18.2. The number of imidazole rings is 1. The topological polar surface area (TPSA) is 103 Å². The maximum atomic E-state index is 13.0. The molecule has 10 heteroatoms. The monoisotopic (exact) mass is 422 g/mol. The predicted octanol–water partition coefficient (Wildman–Crippen LogP) is 3.13. The number of ether oxygens (including phenoxy) is 3. The van der Waals surface area contributed by atoms with E-state index >= 15 is 0 Å². The van der Waals surface area contributed by atoms with Crippen molar-refractivity contribution in [2.75, 3.05) is 13.1 Å². The summed E-state index contributed by atoms with van der Waals surface area (Å²) in [5, 5.41) is 0. The van der Waals surface area contributed by atoms with Crippen LogP contribution in [-0.4, -0.2) is 68.5 Å². The number of carbonyl (C=O) groups excluding carboxylic acids is 3. The summed E-state index contributed by atoms with van der Waals surface area (Å²) in [6.07, 6.45) is 1.58. The third kappa shape index (κ3) is 5.03. The Morgan fingerprint density at radius 2 is 1.90 bits per heavy atom. The molecule has 3 heterocycles. The van der Waals surface area contributed by atoms with Gasteiger partial charge in [0.1, 0.15) is 5.60 Å². The quantitative estimate of drug-likeness (QED) is 0.687. The lowest BCUT2D eigenvalue weighted by Crippen LogP contribution is -2.48. The van der Waals surface area contributed by atoms with Gasteiger partial charge in [-0.3, -0.25) is 0 Å². The van der Waals surface area contributed by atoms with Gasteiger partial charge in [-0.15, -0.1) is 0 Å². The highest BCUT2D eigenvalue weighted by molar-refractivity contribution is 5.81. The van der Waals surface area contributed by atoms with Gasteiger partial charge in [0.2, 0.25) is 0 Å². The minimum atomic E-state index is -0.792. The molecule has 2 aliphatic rings. The van der Waals surface area contributed by atoms with Crippen molar-refractivity contribution < 1.29 is 28.6 Å². The van der Waals surface area contributed by atoms with Crippen molar-refractivity contribution in [3.63, 3.8) is 0 Å². The van der Waals surface area contributed by atoms with Crippen LogP contribution in [0.5, 0.6) is 0 Å². The number of fused-ring (bicyclic) bond motifs is 1. The first-order valence-electron chi connectivity index (χ1n) is 10.2. The normalized spacial score (nSPS) is 17.3. The Morgan fingerprint density at radius 1 is 1.23 bits per heavy atom. The molecule has 166 valence electrons. The van der Waals surface area contributed by atoms with Gasteiger partial charge in [-0.05, 0) is 47.5 Å². The number of likely N-dealkylation sites (tertiary alicyclic amines) is 1. The second kappa shape index (κ2) is 8.53. The van der Waals surface area contributed by atoms with E-state index in [0.29, 0.717) is 38.3 Å². The minimum Gasteiger partial charge on any atom is -0.444 e. The Bertz CT molecular complexity index is 805. The standard InChI is InChI=1S/C20H30N4O6/c1-13(2)29-19(27)28-12-16-21-10-15-11-23(17(25)24(15)16)14-6-8-22(9-7-14)18(26)30-20(3,4)5/h10,13-14H,6-9,11-12H2,1-5H3. The summed E-state index contributed by atoms with van der Waals surface area (Å²) in [7, 11) is 0. The second-order valence-electron chi connectivity index (χ2n) is 8.82. The summed E-state index contributed by atoms with van der Waals surface area (Å²) in [6, 6.07) is -0.162. The average Bonchev–Trinajstić information content (AvgIpc) is 3.18. The van der Waals surface area contributed by atoms with Gasteiger partial charge in [0.05, 0.1) is 24.5 Å². The van der Waals surface area contributed by atoms with Crippen molar-refractivity contribution >= 4 is 18.3 Å². The van der Waals surface area contributed by atoms with Gasteiger partial charge in [0, 0.05) is 19.1 Å². The average molecular weight is 422 g/mol. The third-order valence-electron chi connectivity index (χ3n) is 4.89. The van der Waals surface area contributed by atoms with Crippen LogP contribution in [0.15, 0.2) is 6.20 Å². The minimum absolute atomic E-state index is 0.0239. The van der Waals surface area contributed by atoms with Crippen LogP contribution in [0.2, 0.25) is 0 Å². The fourth-order valence-electron chi connectivity index (χ4n) is 3.57. The van der Waals surface area contributed by atoms with E-state index in [9.17, 15) is 14.4 Å². The number of hydrogen-bond donors (Lipinski definition) is 0. The molecule has 1 saturated heterocycles. The number of aromatic nitrogens is 2. The van der Waals surface area contributed by atoms with Crippen LogP contribution in [0.1, 0.15) is 59.0 Å². The summed E-state index contributed by atoms with van der Waals surface area (Å²) in [5.74, 6) is 0.365. The molecule has 3 rings (SSSR count). The molecule has 0 spiro atoms. The van der Waals surface area contributed by atoms with Crippen LogP contribution in [0.4, 0.5) is 14.4 Å². The molecule has 0 unspecified atom stereocenters. The molecular formula is C20H30N4O6. The van der Waals surface area contributed by atoms with E-state index in [2.05, 4.69) is 4.98 Å². The Morgan fingerprint density at radius 3 is 2.50 bits per heavy atom. The highest BCUT2D eigenvalue weighted by Crippen LogP contribution is 2.27. The molecule has 30 heavy (non-hydrogen) atoms. The lowest BCUT2D eigenvalue weighted by Gasteiger charge is -2.36. The number of piperidine rings is 1. The fourth-order valence-corrected chi connectivity index (χ4v) is 3.57. The summed E-state index contributed by atoms with van der Waals surface area (Å²) < 4.78 is 16.9. The summed E-state index contributed by atoms with van der Waals surface area (Å²) >= 11 is 0. The Labute approximate surface area is 176 Å². The molecule has 1 fully saturated rings. The van der Waals surface area contributed by atoms with E-state index in [1.54, 1.807) is 29.8 Å². The summed E-state index contributed by atoms with van der Waals surface area (Å²) in [6.45, 7) is 10.4. The van der Waals surface area contributed by atoms with E-state index in [1.807, 2.05) is 20.8 Å². The van der Waals surface area contributed by atoms with Crippen LogP contribution < -0.4 is 0 Å². The molecule has 0 radical (unpaired) electrons. The molecule has 0 atom stereocenters. The molecule has 0 saturated carbocycles. The molecule has 0 N–H and O–H groups in total. The van der Waals surface area contributed by atoms with Crippen LogP contribution in [-0.2, 0) is 27.4 Å². The van der Waals surface area contributed by atoms with Crippen LogP contribution in [0.25, 0.3) is 0 Å². The number of amides is 2. The lowest BCUT2D eigenvalue weighted by atomic mass is 10.0. The van der Waals surface area contributed by atoms with Crippen molar-refractivity contribution in [1.82, 2.24) is 19.4 Å². The molecule has 0 aromatic carbocycles. The highest BCUT2D eigenvalue weighted by atomic mass is 16.7. The smallest absolute Gasteiger partial charge is 0.444 e. The van der Waals surface area contributed by atoms with Crippen molar-refractivity contribution in [1.29, 1.82) is 0 Å². The maximum Gasteiger partial charge on any atom is 0.508 e. The first-order valence-corrected chi connectivity index (χ1v) is 10.2. The van der Waals surface area contributed by atoms with E-state index < -0.39 is 11.8 Å². The zero-order chi connectivity index (χ0) is 22.1. The van der Waals surface area contributed by atoms with Gasteiger partial charge in [-0.2, -0.15) is 0 Å². The first-order chi connectivity index (χ1) is 14.0. The van der Waals surface area contributed by atoms with Gasteiger partial charge in [-0.1, -0.05) is 0 Å². The zero-order valence-corrected chi connectivity index (χ0v) is 18.2. The number of hydrogen-bond acceptors (Lipinski definition) is 7. The van der Waals surface area contributed by atoms with E-state index in [-0.39, 0.29) is 30.9 Å². The number of rotatable bonds is 4. The molecule has 1 aromatic heterocycles. The van der Waals surface area contributed by atoms with Gasteiger partial charge in [0.25, 0.3) is 0 Å². The highest BCUT2D eigenvalue weighted by Gasteiger charge is 2.37. The Hall–Kier alpha value is -2.78. The molecule has 0 bridgehead atoms. The van der Waals surface area contributed by atoms with Gasteiger partial charge in [-0.25, -0.2) is 23.9 Å². The SMILES string of the molecule is CC(C)OC(=O)OCc1ncc2n1C(=O)N(C1CCN(C(=O)OC(C)(C)C)CC1)C2. The van der Waals surface area contributed by atoms with Crippen LogP contribution in [0.3, 0.4) is 0 Å². The third-order valence-corrected chi connectivity index (χ3v) is 4.89. The maximum absolute atomic E-state index is 13.0. The van der Waals surface area contributed by atoms with Gasteiger partial charge < -0.3 is 24.0 Å². The van der Waals surface area contributed by atoms with Crippen molar-refractivity contribution in [2.45, 2.75) is 78.4 Å². The van der Waals surface area contributed by atoms with Gasteiger partial charge in [0.15, 0.2) is 12.4 Å². The second-order valence-corrected chi connectivity index (χ2v) is 8.82. The van der Waals surface area contributed by atoms with Gasteiger partial charge >= 0.3 is 18.3 Å². The molecule has 10 nitrogen and oxygen atoms in total. The summed E-state index contributed by atoms with van der Waals surface area (Å²) in [5.41, 5.74) is 0.223. The van der Waals surface area contributed by atoms with E-state index in [0.717, 1.165) is 5.69 Å². The van der Waals surface area contributed by atoms with Crippen molar-refractivity contribution in [3.8, 4) is 0 Å². The van der Waals surface area contributed by atoms with Crippen LogP contribution >= 0.6 is 0 Å². The lowest BCUT2D eigenvalue weighted by molar-refractivity contribution is 0.0163. The van der Waals surface area contributed by atoms with Crippen LogP contribution in [0, 0.1) is 0 Å². The Balaban J connectivity index is 1.56. The fraction of sp³-hybridized carbons (Fsp3) is 0.700. The molecule has 2 aliphatic heterocycles. The van der Waals surface area contributed by atoms with Crippen molar-refractivity contribution in [2.24, 2.45) is 0 Å². The molecule has 2 amide bonds. The summed E-state index contributed by atoms with van der Waals surface area (Å²) in [4.78, 5) is 44.5. The largest absolute Gasteiger partial charge is 0.508 e. The number of carbonyl (C=O) groups is 3. The van der Waals surface area contributed by atoms with Crippen molar-refractivity contribution in [3.05, 3.63) is 17.7 Å².